The van der Waals surface area contributed by atoms with E-state index < -0.39 is 27.5 Å². The van der Waals surface area contributed by atoms with Crippen molar-refractivity contribution in [3.63, 3.8) is 0 Å². The van der Waals surface area contributed by atoms with Crippen molar-refractivity contribution in [3.8, 4) is 11.3 Å². The average Bonchev–Trinajstić information content (AvgIpc) is 3.38. The van der Waals surface area contributed by atoms with Gasteiger partial charge >= 0.3 is 0 Å². The molecule has 0 bridgehead atoms. The lowest BCUT2D eigenvalue weighted by molar-refractivity contribution is -0.117. The first-order valence-electron chi connectivity index (χ1n) is 12.2. The van der Waals surface area contributed by atoms with Gasteiger partial charge in [-0.3, -0.25) is 19.6 Å². The fourth-order valence-corrected chi connectivity index (χ4v) is 4.19. The Morgan fingerprint density at radius 2 is 1.57 bits per heavy atom. The number of hydrogen-bond donors (Lipinski definition) is 3. The lowest BCUT2D eigenvalue weighted by atomic mass is 9.18. The van der Waals surface area contributed by atoms with E-state index in [0.29, 0.717) is 17.5 Å². The Morgan fingerprint density at radius 1 is 1.02 bits per heavy atom. The van der Waals surface area contributed by atoms with Crippen molar-refractivity contribution in [2.45, 2.75) is 55.7 Å². The molecule has 40 heavy (non-hydrogen) atoms. The van der Waals surface area contributed by atoms with Gasteiger partial charge in [-0.25, -0.2) is 0 Å². The summed E-state index contributed by atoms with van der Waals surface area (Å²) in [5, 5.41) is 6.33. The molecule has 0 spiro atoms. The molecule has 1 unspecified atom stereocenters. The van der Waals surface area contributed by atoms with E-state index >= 15 is 0 Å². The Morgan fingerprint density at radius 3 is 2.05 bits per heavy atom. The van der Waals surface area contributed by atoms with Crippen molar-refractivity contribution in [1.82, 2.24) is 14.9 Å². The Kier molecular flexibility index (Phi) is 8.37. The zero-order chi connectivity index (χ0) is 30.4. The van der Waals surface area contributed by atoms with Crippen molar-refractivity contribution in [1.29, 1.82) is 0 Å². The van der Waals surface area contributed by atoms with E-state index in [0.717, 1.165) is 10.4 Å². The van der Waals surface area contributed by atoms with Crippen LogP contribution in [0.2, 0.25) is 10.2 Å². The van der Waals surface area contributed by atoms with Gasteiger partial charge in [-0.1, -0.05) is 50.2 Å². The largest absolute Gasteiger partial charge is 0.383 e. The summed E-state index contributed by atoms with van der Waals surface area (Å²) in [4.78, 5) is 25.2. The van der Waals surface area contributed by atoms with Crippen LogP contribution in [0.3, 0.4) is 0 Å². The fourth-order valence-electron chi connectivity index (χ4n) is 4.19. The summed E-state index contributed by atoms with van der Waals surface area (Å²) < 4.78 is 6.05. The van der Waals surface area contributed by atoms with Crippen LogP contribution in [0.15, 0.2) is 34.9 Å². The second-order valence-corrected chi connectivity index (χ2v) is 11.3. The van der Waals surface area contributed by atoms with Crippen LogP contribution in [0, 0.1) is 5.41 Å². The maximum Gasteiger partial charge on any atom is 0.254 e. The summed E-state index contributed by atoms with van der Waals surface area (Å²) in [6.07, 6.45) is 0.688. The van der Waals surface area contributed by atoms with Crippen molar-refractivity contribution in [2.75, 3.05) is 11.1 Å². The number of anilines is 2. The van der Waals surface area contributed by atoms with Crippen molar-refractivity contribution >= 4 is 78.4 Å². The van der Waals surface area contributed by atoms with E-state index in [9.17, 15) is 9.59 Å². The number of hydrogen-bond acceptors (Lipinski definition) is 6. The van der Waals surface area contributed by atoms with Gasteiger partial charge in [0, 0.05) is 11.6 Å². The summed E-state index contributed by atoms with van der Waals surface area (Å²) in [6, 6.07) is 8.23. The lowest BCUT2D eigenvalue weighted by Crippen LogP contribution is -2.57. The standard InChI is InChI=1S/C24H25B7N6O3/c1-11(20(39)34-15-9-14(36-40-15)10-21(2,3)4)12-5-7-13(8-6-12)17-16(19(33)38)18(32)37(35-17)22(25,23(26,27)28)24(29,30)31/h5-9,11H,10,32H2,1-4H3,(H2,33,38)(H,34,39). The summed E-state index contributed by atoms with van der Waals surface area (Å²) >= 11 is 0. The van der Waals surface area contributed by atoms with Crippen LogP contribution in [0.25, 0.3) is 11.3 Å². The second-order valence-electron chi connectivity index (χ2n) is 11.3. The van der Waals surface area contributed by atoms with Crippen LogP contribution >= 0.6 is 0 Å². The van der Waals surface area contributed by atoms with Gasteiger partial charge in [-0.05, 0) is 29.8 Å². The molecule has 0 saturated carbocycles. The molecule has 0 aliphatic rings. The number of nitrogens with two attached hydrogens (primary N) is 2. The predicted molar refractivity (Wildman–Crippen MR) is 161 cm³/mol. The molecule has 14 radical (unpaired) electrons. The van der Waals surface area contributed by atoms with E-state index in [-0.39, 0.29) is 34.3 Å². The number of primary amides is 1. The highest BCUT2D eigenvalue weighted by Crippen LogP contribution is 2.48. The molecule has 2 aromatic heterocycles. The number of nitrogens with one attached hydrogen (secondary N) is 1. The molecule has 3 aromatic rings. The van der Waals surface area contributed by atoms with Gasteiger partial charge in [0.15, 0.2) is 0 Å². The second kappa shape index (κ2) is 10.7. The third-order valence-electron chi connectivity index (χ3n) is 6.42. The Hall–Kier alpha value is -3.17. The maximum atomic E-state index is 12.9. The number of carbonyl (C=O) groups is 2. The van der Waals surface area contributed by atoms with Crippen LogP contribution in [-0.4, -0.2) is 81.7 Å². The number of carbonyl (C=O) groups excluding carboxylic acids is 2. The zero-order valence-electron chi connectivity index (χ0n) is 22.9. The van der Waals surface area contributed by atoms with Crippen LogP contribution in [-0.2, 0) is 16.7 Å². The first-order valence-corrected chi connectivity index (χ1v) is 12.2. The molecule has 3 rings (SSSR count). The van der Waals surface area contributed by atoms with E-state index in [1.807, 2.05) is 0 Å². The minimum atomic E-state index is -2.38. The van der Waals surface area contributed by atoms with E-state index in [2.05, 4.69) is 36.3 Å². The van der Waals surface area contributed by atoms with Gasteiger partial charge in [-0.15, -0.1) is 10.2 Å². The van der Waals surface area contributed by atoms with Crippen molar-refractivity contribution in [2.24, 2.45) is 11.1 Å². The van der Waals surface area contributed by atoms with Gasteiger partial charge in [-0.2, -0.15) is 5.10 Å². The third-order valence-corrected chi connectivity index (χ3v) is 6.42. The number of nitrogens with zero attached hydrogens (tertiary/aromatic N) is 3. The monoisotopic (exact) mass is 522 g/mol. The summed E-state index contributed by atoms with van der Waals surface area (Å²) in [5.74, 6) is -1.96. The number of benzene rings is 1. The van der Waals surface area contributed by atoms with Gasteiger partial charge in [0.05, 0.1) is 58.7 Å². The molecule has 9 nitrogen and oxygen atoms in total. The van der Waals surface area contributed by atoms with Crippen molar-refractivity contribution in [3.05, 3.63) is 47.2 Å². The minimum Gasteiger partial charge on any atom is -0.383 e. The number of aromatic nitrogens is 3. The molecule has 0 aliphatic carbocycles. The Bertz CT molecular complexity index is 1390. The van der Waals surface area contributed by atoms with Gasteiger partial charge in [0.1, 0.15) is 24.9 Å². The Balaban J connectivity index is 1.92. The van der Waals surface area contributed by atoms with Gasteiger partial charge < -0.3 is 16.0 Å². The summed E-state index contributed by atoms with van der Waals surface area (Å²) in [5.41, 5.74) is 10.9. The van der Waals surface area contributed by atoms with E-state index in [1.165, 1.54) is 0 Å². The summed E-state index contributed by atoms with van der Waals surface area (Å²) in [7, 11) is 41.4. The molecule has 0 aliphatic heterocycles. The quantitative estimate of drug-likeness (QED) is 0.351. The molecule has 1 atom stereocenters. The average molecular weight is 521 g/mol. The molecule has 0 fully saturated rings. The lowest BCUT2D eigenvalue weighted by Gasteiger charge is -2.55. The topological polar surface area (TPSA) is 142 Å². The Labute approximate surface area is 243 Å². The molecule has 0 saturated heterocycles. The molecular formula is C24H25B7N6O3. The molecule has 190 valence electrons. The first-order chi connectivity index (χ1) is 18.2. The number of amides is 2. The van der Waals surface area contributed by atoms with Crippen LogP contribution in [0.1, 0.15) is 55.2 Å². The maximum absolute atomic E-state index is 12.9. The van der Waals surface area contributed by atoms with Gasteiger partial charge in [0.25, 0.3) is 5.91 Å². The minimum absolute atomic E-state index is 0.00465. The fraction of sp³-hybridized carbons (Fsp3) is 0.417. The van der Waals surface area contributed by atoms with Gasteiger partial charge in [0.2, 0.25) is 11.8 Å². The highest BCUT2D eigenvalue weighted by molar-refractivity contribution is 6.68. The number of rotatable bonds is 9. The molecule has 16 heteroatoms. The molecule has 1 aromatic carbocycles. The molecule has 2 heterocycles. The molecule has 2 amide bonds. The van der Waals surface area contributed by atoms with E-state index in [4.69, 9.17) is 70.9 Å². The normalized spacial score (nSPS) is 13.6. The van der Waals surface area contributed by atoms with Crippen molar-refractivity contribution < 1.29 is 14.1 Å². The highest BCUT2D eigenvalue weighted by Gasteiger charge is 2.47. The molecular weight excluding hydrogens is 496 g/mol. The summed E-state index contributed by atoms with van der Waals surface area (Å²) in [6.45, 7) is 7.94. The zero-order valence-corrected chi connectivity index (χ0v) is 22.9. The predicted octanol–water partition coefficient (Wildman–Crippen LogP) is 0.530. The smallest absolute Gasteiger partial charge is 0.254 e. The van der Waals surface area contributed by atoms with E-state index in [1.54, 1.807) is 37.3 Å². The number of nitrogen functional groups attached to an aromatic ring is 1. The highest BCUT2D eigenvalue weighted by atomic mass is 16.5. The van der Waals surface area contributed by atoms with Crippen LogP contribution in [0.5, 0.6) is 0 Å². The van der Waals surface area contributed by atoms with Crippen LogP contribution < -0.4 is 16.8 Å². The van der Waals surface area contributed by atoms with Crippen LogP contribution in [0.4, 0.5) is 11.7 Å². The SMILES string of the molecule is [B]C([B])([B])C([B])(n1nc(-c2ccc(C(C)C(=O)Nc3cc(CC(C)(C)C)no3)cc2)c(C(N)=O)c1N)C([B])([B])[B]. The molecule has 5 N–H and O–H groups in total. The third kappa shape index (κ3) is 6.10. The first kappa shape index (κ1) is 31.4.